The lowest BCUT2D eigenvalue weighted by molar-refractivity contribution is -0.150. The monoisotopic (exact) mass is 414 g/mol. The molecule has 3 rings (SSSR count). The summed E-state index contributed by atoms with van der Waals surface area (Å²) in [4.78, 5) is 23.8. The first-order valence-corrected chi connectivity index (χ1v) is 9.66. The molecule has 0 saturated carbocycles. The summed E-state index contributed by atoms with van der Waals surface area (Å²) in [6.07, 6.45) is -0.805. The number of halogens is 1. The number of rotatable bonds is 7. The number of fused-ring (bicyclic) bond motifs is 1. The standard InChI is InChI=1S/C22H23ClN2O4/c1-3-17-16(11-19(24)26)20-15(21(27)22(28)29-2)8-5-9-18(20)25(17)12-13-6-4-7-14(23)10-13/h4-10,21,27H,3,11-12H2,1-2H3,(H2,24,26). The highest BCUT2D eigenvalue weighted by Gasteiger charge is 2.26. The van der Waals surface area contributed by atoms with E-state index in [9.17, 15) is 14.7 Å². The Morgan fingerprint density at radius 1 is 1.24 bits per heavy atom. The topological polar surface area (TPSA) is 94.6 Å². The van der Waals surface area contributed by atoms with Crippen LogP contribution in [0.2, 0.25) is 5.02 Å². The maximum atomic E-state index is 12.0. The van der Waals surface area contributed by atoms with Crippen LogP contribution in [-0.4, -0.2) is 28.7 Å². The van der Waals surface area contributed by atoms with Crippen LogP contribution in [0.3, 0.4) is 0 Å². The summed E-state index contributed by atoms with van der Waals surface area (Å²) in [6.45, 7) is 2.51. The number of aliphatic hydroxyl groups is 1. The van der Waals surface area contributed by atoms with Gasteiger partial charge in [0.15, 0.2) is 6.10 Å². The molecule has 1 aromatic heterocycles. The number of carbonyl (C=O) groups is 2. The summed E-state index contributed by atoms with van der Waals surface area (Å²) >= 11 is 6.14. The second kappa shape index (κ2) is 8.68. The van der Waals surface area contributed by atoms with Crippen molar-refractivity contribution >= 4 is 34.4 Å². The van der Waals surface area contributed by atoms with Crippen LogP contribution in [0, 0.1) is 0 Å². The predicted octanol–water partition coefficient (Wildman–Crippen LogP) is 3.14. The van der Waals surface area contributed by atoms with Crippen molar-refractivity contribution in [2.45, 2.75) is 32.4 Å². The highest BCUT2D eigenvalue weighted by Crippen LogP contribution is 2.34. The molecule has 0 saturated heterocycles. The van der Waals surface area contributed by atoms with Crippen molar-refractivity contribution in [1.29, 1.82) is 0 Å². The van der Waals surface area contributed by atoms with Gasteiger partial charge in [-0.1, -0.05) is 42.8 Å². The number of hydrogen-bond donors (Lipinski definition) is 2. The van der Waals surface area contributed by atoms with Crippen molar-refractivity contribution in [2.24, 2.45) is 5.73 Å². The number of aliphatic hydroxyl groups excluding tert-OH is 1. The van der Waals surface area contributed by atoms with Crippen LogP contribution in [0.5, 0.6) is 0 Å². The molecule has 0 bridgehead atoms. The number of hydrogen-bond acceptors (Lipinski definition) is 4. The van der Waals surface area contributed by atoms with Crippen LogP contribution in [0.4, 0.5) is 0 Å². The van der Waals surface area contributed by atoms with E-state index >= 15 is 0 Å². The van der Waals surface area contributed by atoms with E-state index < -0.39 is 18.0 Å². The molecule has 0 aliphatic rings. The lowest BCUT2D eigenvalue weighted by Crippen LogP contribution is -2.16. The molecule has 6 nitrogen and oxygen atoms in total. The average molecular weight is 415 g/mol. The van der Waals surface area contributed by atoms with Gasteiger partial charge >= 0.3 is 5.97 Å². The van der Waals surface area contributed by atoms with Crippen molar-refractivity contribution in [1.82, 2.24) is 4.57 Å². The van der Waals surface area contributed by atoms with E-state index in [-0.39, 0.29) is 6.42 Å². The Kier molecular flexibility index (Phi) is 6.25. The lowest BCUT2D eigenvalue weighted by Gasteiger charge is -2.12. The van der Waals surface area contributed by atoms with Gasteiger partial charge in [-0.25, -0.2) is 4.79 Å². The summed E-state index contributed by atoms with van der Waals surface area (Å²) in [7, 11) is 1.22. The van der Waals surface area contributed by atoms with Gasteiger partial charge in [0.25, 0.3) is 0 Å². The first-order valence-electron chi connectivity index (χ1n) is 9.28. The number of nitrogens with two attached hydrogens (primary N) is 1. The SMILES string of the molecule is CCc1c(CC(N)=O)c2c(C(O)C(=O)OC)cccc2n1Cc1cccc(Cl)c1. The van der Waals surface area contributed by atoms with E-state index in [2.05, 4.69) is 4.57 Å². The summed E-state index contributed by atoms with van der Waals surface area (Å²) < 4.78 is 6.78. The van der Waals surface area contributed by atoms with Gasteiger partial charge in [0.1, 0.15) is 0 Å². The van der Waals surface area contributed by atoms with Gasteiger partial charge in [-0.15, -0.1) is 0 Å². The summed E-state index contributed by atoms with van der Waals surface area (Å²) in [6, 6.07) is 12.9. The van der Waals surface area contributed by atoms with Crippen molar-refractivity contribution < 1.29 is 19.4 Å². The van der Waals surface area contributed by atoms with Crippen LogP contribution in [0.25, 0.3) is 10.9 Å². The second-order valence-electron chi connectivity index (χ2n) is 6.81. The number of methoxy groups -OCH3 is 1. The third-order valence-corrected chi connectivity index (χ3v) is 5.21. The normalized spacial score (nSPS) is 12.1. The van der Waals surface area contributed by atoms with Crippen LogP contribution in [0.15, 0.2) is 42.5 Å². The van der Waals surface area contributed by atoms with Crippen LogP contribution in [-0.2, 0) is 33.7 Å². The molecule has 0 spiro atoms. The fourth-order valence-corrected chi connectivity index (χ4v) is 4.01. The molecule has 1 atom stereocenters. The third kappa shape index (κ3) is 4.13. The van der Waals surface area contributed by atoms with Crippen LogP contribution >= 0.6 is 11.6 Å². The van der Waals surface area contributed by atoms with Gasteiger partial charge in [-0.05, 0) is 35.7 Å². The quantitative estimate of drug-likeness (QED) is 0.580. The largest absolute Gasteiger partial charge is 0.467 e. The number of benzene rings is 2. The molecule has 3 aromatic rings. The molecule has 0 radical (unpaired) electrons. The van der Waals surface area contributed by atoms with Gasteiger partial charge in [0, 0.05) is 33.7 Å². The van der Waals surface area contributed by atoms with Crippen molar-refractivity contribution in [3.63, 3.8) is 0 Å². The minimum Gasteiger partial charge on any atom is -0.467 e. The molecule has 0 fully saturated rings. The zero-order chi connectivity index (χ0) is 21.1. The summed E-state index contributed by atoms with van der Waals surface area (Å²) in [5.74, 6) is -1.24. The summed E-state index contributed by atoms with van der Waals surface area (Å²) in [5, 5.41) is 11.8. The number of primary amides is 1. The van der Waals surface area contributed by atoms with E-state index in [1.54, 1.807) is 12.1 Å². The molecule has 1 unspecified atom stereocenters. The Hall–Kier alpha value is -2.83. The van der Waals surface area contributed by atoms with E-state index in [0.717, 1.165) is 22.3 Å². The van der Waals surface area contributed by atoms with Gasteiger partial charge in [0.05, 0.1) is 13.5 Å². The number of amides is 1. The van der Waals surface area contributed by atoms with E-state index in [0.29, 0.717) is 28.9 Å². The molecule has 7 heteroatoms. The Balaban J connectivity index is 2.28. The van der Waals surface area contributed by atoms with E-state index in [1.165, 1.54) is 7.11 Å². The Bertz CT molecular complexity index is 1070. The van der Waals surface area contributed by atoms with E-state index in [4.69, 9.17) is 22.1 Å². The zero-order valence-electron chi connectivity index (χ0n) is 16.3. The minimum atomic E-state index is -1.46. The maximum Gasteiger partial charge on any atom is 0.339 e. The van der Waals surface area contributed by atoms with Gasteiger partial charge < -0.3 is 20.1 Å². The molecule has 0 aliphatic carbocycles. The number of carbonyl (C=O) groups excluding carboxylic acids is 2. The highest BCUT2D eigenvalue weighted by atomic mass is 35.5. The molecule has 29 heavy (non-hydrogen) atoms. The van der Waals surface area contributed by atoms with Gasteiger partial charge in [-0.3, -0.25) is 4.79 Å². The maximum absolute atomic E-state index is 12.0. The van der Waals surface area contributed by atoms with Crippen LogP contribution < -0.4 is 5.73 Å². The fourth-order valence-electron chi connectivity index (χ4n) is 3.80. The molecular weight excluding hydrogens is 392 g/mol. The second-order valence-corrected chi connectivity index (χ2v) is 7.24. The molecule has 2 aromatic carbocycles. The fraction of sp³-hybridized carbons (Fsp3) is 0.273. The summed E-state index contributed by atoms with van der Waals surface area (Å²) in [5.41, 5.74) is 9.34. The van der Waals surface area contributed by atoms with Crippen LogP contribution in [0.1, 0.15) is 35.4 Å². The van der Waals surface area contributed by atoms with E-state index in [1.807, 2.05) is 37.3 Å². The molecule has 152 valence electrons. The molecular formula is C22H23ClN2O4. The molecule has 1 heterocycles. The molecule has 3 N–H and O–H groups in total. The zero-order valence-corrected chi connectivity index (χ0v) is 17.1. The smallest absolute Gasteiger partial charge is 0.339 e. The lowest BCUT2D eigenvalue weighted by atomic mass is 9.98. The Labute approximate surface area is 173 Å². The van der Waals surface area contributed by atoms with Crippen molar-refractivity contribution in [3.05, 3.63) is 69.9 Å². The average Bonchev–Trinajstić information content (AvgIpc) is 2.99. The number of nitrogens with zero attached hydrogens (tertiary/aromatic N) is 1. The number of ether oxygens (including phenoxy) is 1. The van der Waals surface area contributed by atoms with Gasteiger partial charge in [-0.2, -0.15) is 0 Å². The first-order chi connectivity index (χ1) is 13.9. The van der Waals surface area contributed by atoms with Crippen molar-refractivity contribution in [2.75, 3.05) is 7.11 Å². The highest BCUT2D eigenvalue weighted by molar-refractivity contribution is 6.30. The van der Waals surface area contributed by atoms with Gasteiger partial charge in [0.2, 0.25) is 5.91 Å². The molecule has 1 amide bonds. The van der Waals surface area contributed by atoms with Crippen molar-refractivity contribution in [3.8, 4) is 0 Å². The Morgan fingerprint density at radius 3 is 2.59 bits per heavy atom. The minimum absolute atomic E-state index is 0.00707. The third-order valence-electron chi connectivity index (χ3n) is 4.98. The predicted molar refractivity (Wildman–Crippen MR) is 112 cm³/mol. The Morgan fingerprint density at radius 2 is 1.97 bits per heavy atom. The first kappa shape index (κ1) is 20.9. The number of aromatic nitrogens is 1. The number of esters is 1. The molecule has 0 aliphatic heterocycles.